The maximum atomic E-state index is 12.5. The molecule has 2 aromatic rings. The Labute approximate surface area is 133 Å². The van der Waals surface area contributed by atoms with Gasteiger partial charge in [0.2, 0.25) is 0 Å². The Morgan fingerprint density at radius 1 is 1.13 bits per heavy atom. The van der Waals surface area contributed by atoms with Gasteiger partial charge in [-0.3, -0.25) is 9.78 Å². The second-order valence-corrected chi connectivity index (χ2v) is 5.96. The van der Waals surface area contributed by atoms with Crippen molar-refractivity contribution in [2.24, 2.45) is 0 Å². The molecule has 23 heavy (non-hydrogen) atoms. The summed E-state index contributed by atoms with van der Waals surface area (Å²) in [5.74, 6) is -0.279. The van der Waals surface area contributed by atoms with E-state index in [-0.39, 0.29) is 11.9 Å². The summed E-state index contributed by atoms with van der Waals surface area (Å²) in [6, 6.07) is 11.1. The smallest absolute Gasteiger partial charge is 0.339 e. The topological polar surface area (TPSA) is 59.5 Å². The Bertz CT molecular complexity index is 765. The van der Waals surface area contributed by atoms with Gasteiger partial charge in [0.15, 0.2) is 0 Å². The van der Waals surface area contributed by atoms with Crippen LogP contribution in [0.25, 0.3) is 0 Å². The molecule has 4 rings (SSSR count). The number of fused-ring (bicyclic) bond motifs is 2. The molecule has 0 N–H and O–H groups in total. The molecule has 1 aromatic carbocycles. The van der Waals surface area contributed by atoms with Crippen LogP contribution in [-0.2, 0) is 10.3 Å². The highest BCUT2D eigenvalue weighted by molar-refractivity contribution is 5.95. The largest absolute Gasteiger partial charge is 0.450 e. The van der Waals surface area contributed by atoms with Crippen molar-refractivity contribution in [1.82, 2.24) is 9.88 Å². The van der Waals surface area contributed by atoms with E-state index in [0.717, 1.165) is 5.56 Å². The number of pyridine rings is 1. The molecule has 2 aliphatic heterocycles. The van der Waals surface area contributed by atoms with Crippen LogP contribution in [0.5, 0.6) is 0 Å². The van der Waals surface area contributed by atoms with Crippen molar-refractivity contribution >= 4 is 11.9 Å². The molecular weight excluding hydrogens is 292 g/mol. The number of nitrogens with zero attached hydrogens (tertiary/aromatic N) is 2. The fraction of sp³-hybridized carbons (Fsp3) is 0.278. The third-order valence-electron chi connectivity index (χ3n) is 4.69. The maximum Gasteiger partial charge on any atom is 0.339 e. The molecule has 5 nitrogen and oxygen atoms in total. The minimum Gasteiger partial charge on any atom is -0.450 e. The molecular formula is C18H16N2O3. The lowest BCUT2D eigenvalue weighted by atomic mass is 9.83. The number of ether oxygens (including phenoxy) is 1. The van der Waals surface area contributed by atoms with Crippen molar-refractivity contribution in [1.29, 1.82) is 0 Å². The van der Waals surface area contributed by atoms with Gasteiger partial charge in [0.05, 0.1) is 11.1 Å². The minimum absolute atomic E-state index is 0.0226. The molecule has 2 aliphatic rings. The summed E-state index contributed by atoms with van der Waals surface area (Å²) in [4.78, 5) is 30.4. The van der Waals surface area contributed by atoms with Gasteiger partial charge in [-0.25, -0.2) is 4.79 Å². The Morgan fingerprint density at radius 3 is 2.65 bits per heavy atom. The summed E-state index contributed by atoms with van der Waals surface area (Å²) >= 11 is 0. The lowest BCUT2D eigenvalue weighted by Gasteiger charge is -2.38. The first-order chi connectivity index (χ1) is 11.2. The zero-order chi connectivity index (χ0) is 15.9. The van der Waals surface area contributed by atoms with Crippen molar-refractivity contribution in [2.45, 2.75) is 18.4 Å². The second kappa shape index (κ2) is 5.19. The van der Waals surface area contributed by atoms with Crippen molar-refractivity contribution in [3.8, 4) is 0 Å². The van der Waals surface area contributed by atoms with Crippen LogP contribution in [0.1, 0.15) is 39.1 Å². The van der Waals surface area contributed by atoms with Crippen LogP contribution in [0.2, 0.25) is 0 Å². The van der Waals surface area contributed by atoms with E-state index < -0.39 is 5.60 Å². The molecule has 1 aromatic heterocycles. The highest BCUT2D eigenvalue weighted by Crippen LogP contribution is 2.44. The lowest BCUT2D eigenvalue weighted by molar-refractivity contribution is -0.0389. The molecule has 0 saturated carbocycles. The molecule has 5 heteroatoms. The van der Waals surface area contributed by atoms with E-state index in [0.29, 0.717) is 37.1 Å². The van der Waals surface area contributed by atoms with Gasteiger partial charge in [-0.2, -0.15) is 0 Å². The average Bonchev–Trinajstić information content (AvgIpc) is 2.88. The van der Waals surface area contributed by atoms with E-state index in [2.05, 4.69) is 4.98 Å². The van der Waals surface area contributed by atoms with Crippen LogP contribution in [0.3, 0.4) is 0 Å². The SMILES string of the molecule is O=C1OC2(CCN(C(=O)c3cccnc3)CC2)c2ccccc21. The zero-order valence-corrected chi connectivity index (χ0v) is 12.6. The molecule has 0 aliphatic carbocycles. The van der Waals surface area contributed by atoms with Crippen LogP contribution in [0, 0.1) is 0 Å². The van der Waals surface area contributed by atoms with E-state index in [1.807, 2.05) is 18.2 Å². The number of amides is 1. The highest BCUT2D eigenvalue weighted by Gasteiger charge is 2.47. The van der Waals surface area contributed by atoms with Crippen LogP contribution in [0.4, 0.5) is 0 Å². The quantitative estimate of drug-likeness (QED) is 0.759. The number of rotatable bonds is 1. The number of piperidine rings is 1. The summed E-state index contributed by atoms with van der Waals surface area (Å²) in [6.45, 7) is 1.13. The lowest BCUT2D eigenvalue weighted by Crippen LogP contribution is -2.45. The molecule has 0 unspecified atom stereocenters. The minimum atomic E-state index is -0.570. The van der Waals surface area contributed by atoms with Crippen LogP contribution in [0.15, 0.2) is 48.8 Å². The second-order valence-electron chi connectivity index (χ2n) is 5.96. The number of hydrogen-bond donors (Lipinski definition) is 0. The van der Waals surface area contributed by atoms with Crippen LogP contribution in [-0.4, -0.2) is 34.8 Å². The molecule has 1 fully saturated rings. The molecule has 0 atom stereocenters. The molecule has 0 radical (unpaired) electrons. The van der Waals surface area contributed by atoms with E-state index in [9.17, 15) is 9.59 Å². The van der Waals surface area contributed by atoms with Gasteiger partial charge >= 0.3 is 5.97 Å². The molecule has 1 amide bonds. The number of carbonyl (C=O) groups is 2. The Morgan fingerprint density at radius 2 is 1.91 bits per heavy atom. The molecule has 1 saturated heterocycles. The summed E-state index contributed by atoms with van der Waals surface area (Å²) in [5, 5.41) is 0. The first kappa shape index (κ1) is 13.9. The first-order valence-corrected chi connectivity index (χ1v) is 7.72. The predicted octanol–water partition coefficient (Wildman–Crippen LogP) is 2.38. The third kappa shape index (κ3) is 2.20. The number of aromatic nitrogens is 1. The number of benzene rings is 1. The Kier molecular flexibility index (Phi) is 3.15. The standard InChI is InChI=1S/C18H16N2O3/c21-16(13-4-3-9-19-12-13)20-10-7-18(8-11-20)15-6-2-1-5-14(15)17(22)23-18/h1-6,9,12H,7-8,10-11H2. The van der Waals surface area contributed by atoms with Crippen LogP contribution >= 0.6 is 0 Å². The molecule has 116 valence electrons. The van der Waals surface area contributed by atoms with Crippen molar-refractivity contribution in [3.05, 3.63) is 65.5 Å². The molecule has 0 bridgehead atoms. The third-order valence-corrected chi connectivity index (χ3v) is 4.69. The number of carbonyl (C=O) groups excluding carboxylic acids is 2. The highest BCUT2D eigenvalue weighted by atomic mass is 16.6. The summed E-state index contributed by atoms with van der Waals surface area (Å²) in [7, 11) is 0. The van der Waals surface area contributed by atoms with Gasteiger partial charge in [-0.15, -0.1) is 0 Å². The first-order valence-electron chi connectivity index (χ1n) is 7.72. The molecule has 1 spiro atoms. The van der Waals surface area contributed by atoms with Gasteiger partial charge in [0, 0.05) is 43.9 Å². The van der Waals surface area contributed by atoms with Gasteiger partial charge in [0.25, 0.3) is 5.91 Å². The Hall–Kier alpha value is -2.69. The summed E-state index contributed by atoms with van der Waals surface area (Å²) in [6.07, 6.45) is 4.48. The fourth-order valence-corrected chi connectivity index (χ4v) is 3.46. The van der Waals surface area contributed by atoms with Crippen molar-refractivity contribution in [3.63, 3.8) is 0 Å². The van der Waals surface area contributed by atoms with Gasteiger partial charge < -0.3 is 9.64 Å². The normalized spacial score (nSPS) is 18.6. The van der Waals surface area contributed by atoms with Crippen molar-refractivity contribution < 1.29 is 14.3 Å². The Balaban J connectivity index is 1.54. The van der Waals surface area contributed by atoms with E-state index in [1.165, 1.54) is 0 Å². The maximum absolute atomic E-state index is 12.5. The number of esters is 1. The summed E-state index contributed by atoms with van der Waals surface area (Å²) in [5.41, 5.74) is 1.63. The number of hydrogen-bond acceptors (Lipinski definition) is 4. The van der Waals surface area contributed by atoms with E-state index >= 15 is 0 Å². The average molecular weight is 308 g/mol. The predicted molar refractivity (Wildman–Crippen MR) is 82.9 cm³/mol. The molecule has 3 heterocycles. The van der Waals surface area contributed by atoms with Gasteiger partial charge in [0.1, 0.15) is 5.60 Å². The van der Waals surface area contributed by atoms with Crippen molar-refractivity contribution in [2.75, 3.05) is 13.1 Å². The monoisotopic (exact) mass is 308 g/mol. The van der Waals surface area contributed by atoms with Crippen LogP contribution < -0.4 is 0 Å². The van der Waals surface area contributed by atoms with E-state index in [4.69, 9.17) is 4.74 Å². The van der Waals surface area contributed by atoms with E-state index in [1.54, 1.807) is 35.5 Å². The fourth-order valence-electron chi connectivity index (χ4n) is 3.46. The summed E-state index contributed by atoms with van der Waals surface area (Å²) < 4.78 is 5.70. The van der Waals surface area contributed by atoms with Gasteiger partial charge in [-0.05, 0) is 18.2 Å². The zero-order valence-electron chi connectivity index (χ0n) is 12.6. The number of likely N-dealkylation sites (tertiary alicyclic amines) is 1. The van der Waals surface area contributed by atoms with Gasteiger partial charge in [-0.1, -0.05) is 18.2 Å².